The van der Waals surface area contributed by atoms with Gasteiger partial charge in [0.2, 0.25) is 0 Å². The molecular formula is C19H20N2O. The summed E-state index contributed by atoms with van der Waals surface area (Å²) in [7, 11) is 0. The lowest BCUT2D eigenvalue weighted by Gasteiger charge is -2.34. The van der Waals surface area contributed by atoms with Gasteiger partial charge in [-0.2, -0.15) is 0 Å². The third-order valence-corrected chi connectivity index (χ3v) is 4.52. The Hall–Kier alpha value is -2.13. The minimum Gasteiger partial charge on any atom is -0.456 e. The maximum Gasteiger partial charge on any atom is 0.146 e. The van der Waals surface area contributed by atoms with Gasteiger partial charge in [0.1, 0.15) is 11.5 Å². The number of hydrogen-bond acceptors (Lipinski definition) is 3. The summed E-state index contributed by atoms with van der Waals surface area (Å²) in [6.07, 6.45) is 9.82. The van der Waals surface area contributed by atoms with Crippen LogP contribution in [-0.4, -0.2) is 17.6 Å². The molecule has 0 radical (unpaired) electrons. The number of hydrogen-bond donors (Lipinski definition) is 1. The Labute approximate surface area is 131 Å². The number of rotatable bonds is 3. The van der Waals surface area contributed by atoms with E-state index >= 15 is 0 Å². The predicted molar refractivity (Wildman–Crippen MR) is 87.9 cm³/mol. The van der Waals surface area contributed by atoms with Gasteiger partial charge in [0, 0.05) is 12.2 Å². The average Bonchev–Trinajstić information content (AvgIpc) is 2.56. The van der Waals surface area contributed by atoms with Gasteiger partial charge in [-0.1, -0.05) is 24.3 Å². The first kappa shape index (κ1) is 13.5. The first-order valence-electron chi connectivity index (χ1n) is 7.99. The Morgan fingerprint density at radius 2 is 2.00 bits per heavy atom. The second-order valence-electron chi connectivity index (χ2n) is 6.17. The van der Waals surface area contributed by atoms with Crippen LogP contribution in [0.3, 0.4) is 0 Å². The van der Waals surface area contributed by atoms with Crippen molar-refractivity contribution in [1.82, 2.24) is 10.3 Å². The van der Waals surface area contributed by atoms with Crippen molar-refractivity contribution < 1.29 is 4.74 Å². The molecule has 2 aliphatic rings. The van der Waals surface area contributed by atoms with Crippen molar-refractivity contribution in [2.75, 3.05) is 6.54 Å². The maximum absolute atomic E-state index is 5.90. The van der Waals surface area contributed by atoms with Gasteiger partial charge in [-0.3, -0.25) is 4.98 Å². The molecule has 0 spiro atoms. The van der Waals surface area contributed by atoms with Crippen LogP contribution in [0, 0.1) is 5.92 Å². The molecule has 1 N–H and O–H groups in total. The van der Waals surface area contributed by atoms with Crippen molar-refractivity contribution >= 4 is 5.57 Å². The summed E-state index contributed by atoms with van der Waals surface area (Å²) in [5, 5.41) is 3.58. The highest BCUT2D eigenvalue weighted by atomic mass is 16.5. The van der Waals surface area contributed by atoms with Gasteiger partial charge in [-0.15, -0.1) is 0 Å². The lowest BCUT2D eigenvalue weighted by molar-refractivity contribution is 0.327. The Balaban J connectivity index is 1.58. The summed E-state index contributed by atoms with van der Waals surface area (Å²) in [5.41, 5.74) is 2.59. The van der Waals surface area contributed by atoms with Crippen LogP contribution in [-0.2, 0) is 0 Å². The molecule has 1 fully saturated rings. The molecule has 2 bridgehead atoms. The monoisotopic (exact) mass is 292 g/mol. The molecule has 112 valence electrons. The molecule has 1 aromatic heterocycles. The van der Waals surface area contributed by atoms with E-state index in [2.05, 4.69) is 22.4 Å². The van der Waals surface area contributed by atoms with Gasteiger partial charge in [0.15, 0.2) is 0 Å². The molecule has 2 aromatic rings. The van der Waals surface area contributed by atoms with Crippen LogP contribution in [0.2, 0.25) is 0 Å². The SMILES string of the molecule is C1=C(c2cncc(Oc3ccccc3)c2)CC2CCNC1C2. The number of benzene rings is 1. The van der Waals surface area contributed by atoms with Gasteiger partial charge < -0.3 is 10.1 Å². The van der Waals surface area contributed by atoms with Crippen LogP contribution < -0.4 is 10.1 Å². The summed E-state index contributed by atoms with van der Waals surface area (Å²) in [6.45, 7) is 1.15. The zero-order valence-corrected chi connectivity index (χ0v) is 12.5. The van der Waals surface area contributed by atoms with Crippen LogP contribution in [0.4, 0.5) is 0 Å². The van der Waals surface area contributed by atoms with E-state index in [0.717, 1.165) is 30.4 Å². The Kier molecular flexibility index (Phi) is 3.65. The van der Waals surface area contributed by atoms with E-state index in [1.807, 2.05) is 36.5 Å². The Bertz CT molecular complexity index is 681. The minimum atomic E-state index is 0.529. The number of aromatic nitrogens is 1. The molecule has 1 aliphatic heterocycles. The van der Waals surface area contributed by atoms with E-state index in [9.17, 15) is 0 Å². The minimum absolute atomic E-state index is 0.529. The van der Waals surface area contributed by atoms with Crippen LogP contribution in [0.15, 0.2) is 54.9 Å². The second kappa shape index (κ2) is 5.93. The molecule has 4 rings (SSSR count). The van der Waals surface area contributed by atoms with Crippen LogP contribution in [0.25, 0.3) is 5.57 Å². The molecule has 22 heavy (non-hydrogen) atoms. The van der Waals surface area contributed by atoms with Gasteiger partial charge in [-0.05, 0) is 61.1 Å². The lowest BCUT2D eigenvalue weighted by Crippen LogP contribution is -2.39. The highest BCUT2D eigenvalue weighted by molar-refractivity contribution is 5.67. The second-order valence-corrected chi connectivity index (χ2v) is 6.17. The molecule has 0 saturated carbocycles. The van der Waals surface area contributed by atoms with Gasteiger partial charge in [-0.25, -0.2) is 0 Å². The highest BCUT2D eigenvalue weighted by Gasteiger charge is 2.26. The standard InChI is InChI=1S/C19H20N2O/c1-2-4-18(5-3-1)22-19-11-16(12-20-13-19)15-8-14-6-7-21-17(9-14)10-15/h1-5,10-14,17,21H,6-9H2. The lowest BCUT2D eigenvalue weighted by atomic mass is 9.79. The van der Waals surface area contributed by atoms with Crippen LogP contribution in [0.1, 0.15) is 24.8 Å². The highest BCUT2D eigenvalue weighted by Crippen LogP contribution is 2.35. The molecule has 0 amide bonds. The first-order valence-corrected chi connectivity index (χ1v) is 7.99. The van der Waals surface area contributed by atoms with Crippen molar-refractivity contribution in [3.8, 4) is 11.5 Å². The van der Waals surface area contributed by atoms with Crippen LogP contribution in [0.5, 0.6) is 11.5 Å². The van der Waals surface area contributed by atoms with Gasteiger partial charge in [0.25, 0.3) is 0 Å². The van der Waals surface area contributed by atoms with Crippen LogP contribution >= 0.6 is 0 Å². The molecule has 3 nitrogen and oxygen atoms in total. The number of ether oxygens (including phenoxy) is 1. The van der Waals surface area contributed by atoms with E-state index in [1.165, 1.54) is 24.0 Å². The number of nitrogens with zero attached hydrogens (tertiary/aromatic N) is 1. The fourth-order valence-corrected chi connectivity index (χ4v) is 3.46. The quantitative estimate of drug-likeness (QED) is 0.927. The summed E-state index contributed by atoms with van der Waals surface area (Å²) >= 11 is 0. The van der Waals surface area contributed by atoms with E-state index in [-0.39, 0.29) is 0 Å². The third-order valence-electron chi connectivity index (χ3n) is 4.52. The van der Waals surface area contributed by atoms with Crippen molar-refractivity contribution in [1.29, 1.82) is 0 Å². The molecule has 2 unspecified atom stereocenters. The fraction of sp³-hybridized carbons (Fsp3) is 0.316. The zero-order valence-electron chi connectivity index (χ0n) is 12.5. The smallest absolute Gasteiger partial charge is 0.146 e. The fourth-order valence-electron chi connectivity index (χ4n) is 3.46. The molecule has 1 aliphatic carbocycles. The number of piperidine rings is 1. The Morgan fingerprint density at radius 1 is 1.09 bits per heavy atom. The average molecular weight is 292 g/mol. The largest absolute Gasteiger partial charge is 0.456 e. The summed E-state index contributed by atoms with van der Waals surface area (Å²) in [4.78, 5) is 4.36. The molecule has 2 atom stereocenters. The summed E-state index contributed by atoms with van der Waals surface area (Å²) < 4.78 is 5.90. The van der Waals surface area contributed by atoms with Crippen molar-refractivity contribution in [2.45, 2.75) is 25.3 Å². The Morgan fingerprint density at radius 3 is 2.86 bits per heavy atom. The van der Waals surface area contributed by atoms with Gasteiger partial charge >= 0.3 is 0 Å². The van der Waals surface area contributed by atoms with E-state index < -0.39 is 0 Å². The van der Waals surface area contributed by atoms with E-state index in [1.54, 1.807) is 6.20 Å². The zero-order chi connectivity index (χ0) is 14.8. The topological polar surface area (TPSA) is 34.1 Å². The predicted octanol–water partition coefficient (Wildman–Crippen LogP) is 4.03. The third kappa shape index (κ3) is 2.90. The molecular weight excluding hydrogens is 272 g/mol. The normalized spacial score (nSPS) is 23.7. The van der Waals surface area contributed by atoms with Crippen molar-refractivity contribution in [3.63, 3.8) is 0 Å². The summed E-state index contributed by atoms with van der Waals surface area (Å²) in [6, 6.07) is 12.5. The molecule has 1 aromatic carbocycles. The van der Waals surface area contributed by atoms with Gasteiger partial charge in [0.05, 0.1) is 6.20 Å². The van der Waals surface area contributed by atoms with Crippen molar-refractivity contribution in [2.24, 2.45) is 5.92 Å². The molecule has 3 heteroatoms. The number of allylic oxidation sites excluding steroid dienone is 1. The van der Waals surface area contributed by atoms with Crippen molar-refractivity contribution in [3.05, 3.63) is 60.4 Å². The van der Waals surface area contributed by atoms with E-state index in [4.69, 9.17) is 4.74 Å². The number of fused-ring (bicyclic) bond motifs is 2. The first-order chi connectivity index (χ1) is 10.9. The number of para-hydroxylation sites is 1. The summed E-state index contributed by atoms with van der Waals surface area (Å²) in [5.74, 6) is 2.45. The van der Waals surface area contributed by atoms with E-state index in [0.29, 0.717) is 6.04 Å². The number of pyridine rings is 1. The molecule has 1 saturated heterocycles. The maximum atomic E-state index is 5.90. The molecule has 2 heterocycles. The number of nitrogens with one attached hydrogen (secondary N) is 1.